The first-order chi connectivity index (χ1) is 8.77. The van der Waals surface area contributed by atoms with E-state index in [1.807, 2.05) is 6.92 Å². The Kier molecular flexibility index (Phi) is 5.37. The van der Waals surface area contributed by atoms with Crippen LogP contribution in [0.25, 0.3) is 0 Å². The summed E-state index contributed by atoms with van der Waals surface area (Å²) in [6, 6.07) is 2.59. The number of hydrogen-bond acceptors (Lipinski definition) is 4. The monoisotopic (exact) mass is 349 g/mol. The number of nitrogens with one attached hydrogen (secondary N) is 1. The Labute approximate surface area is 121 Å². The lowest BCUT2D eigenvalue weighted by Crippen LogP contribution is -2.08. The molecule has 0 radical (unpaired) electrons. The molecule has 0 aromatic heterocycles. The fourth-order valence-corrected chi connectivity index (χ4v) is 3.55. The minimum atomic E-state index is -3.49. The van der Waals surface area contributed by atoms with Gasteiger partial charge in [0.15, 0.2) is 9.84 Å². The molecule has 19 heavy (non-hydrogen) atoms. The summed E-state index contributed by atoms with van der Waals surface area (Å²) in [6.07, 6.45) is 2.95. The third-order valence-corrected chi connectivity index (χ3v) is 4.77. The number of hydrogen-bond donors (Lipinski definition) is 2. The highest BCUT2D eigenvalue weighted by molar-refractivity contribution is 9.10. The van der Waals surface area contributed by atoms with E-state index in [1.165, 1.54) is 6.07 Å². The zero-order valence-corrected chi connectivity index (χ0v) is 13.1. The summed E-state index contributed by atoms with van der Waals surface area (Å²) < 4.78 is 23.7. The van der Waals surface area contributed by atoms with Gasteiger partial charge in [-0.3, -0.25) is 0 Å². The molecule has 0 amide bonds. The Morgan fingerprint density at radius 3 is 2.53 bits per heavy atom. The van der Waals surface area contributed by atoms with Crippen molar-refractivity contribution in [3.63, 3.8) is 0 Å². The molecule has 0 fully saturated rings. The topological polar surface area (TPSA) is 83.5 Å². The van der Waals surface area contributed by atoms with E-state index in [0.717, 1.165) is 25.2 Å². The molecule has 0 heterocycles. The molecule has 0 saturated carbocycles. The predicted octanol–water partition coefficient (Wildman–Crippen LogP) is 2.76. The van der Waals surface area contributed by atoms with Crippen LogP contribution < -0.4 is 5.32 Å². The fraction of sp³-hybridized carbons (Fsp3) is 0.417. The van der Waals surface area contributed by atoms with Gasteiger partial charge in [-0.2, -0.15) is 0 Å². The summed E-state index contributed by atoms with van der Waals surface area (Å²) in [4.78, 5) is 11.0. The van der Waals surface area contributed by atoms with Gasteiger partial charge < -0.3 is 10.4 Å². The molecule has 0 spiro atoms. The summed E-state index contributed by atoms with van der Waals surface area (Å²) in [7, 11) is -3.49. The number of aromatic carboxylic acids is 1. The number of rotatable bonds is 6. The van der Waals surface area contributed by atoms with E-state index in [4.69, 9.17) is 5.11 Å². The van der Waals surface area contributed by atoms with E-state index >= 15 is 0 Å². The quantitative estimate of drug-likeness (QED) is 0.771. The normalized spacial score (nSPS) is 11.3. The van der Waals surface area contributed by atoms with Crippen molar-refractivity contribution in [1.82, 2.24) is 0 Å². The third-order valence-electron chi connectivity index (χ3n) is 2.53. The molecule has 7 heteroatoms. The van der Waals surface area contributed by atoms with Gasteiger partial charge in [-0.15, -0.1) is 0 Å². The second-order valence-corrected chi connectivity index (χ2v) is 6.97. The third kappa shape index (κ3) is 4.21. The van der Waals surface area contributed by atoms with E-state index < -0.39 is 15.8 Å². The maximum Gasteiger partial charge on any atom is 0.335 e. The zero-order chi connectivity index (χ0) is 14.6. The molecule has 0 atom stereocenters. The number of carbonyl (C=O) groups is 1. The minimum Gasteiger partial charge on any atom is -0.478 e. The average molecular weight is 350 g/mol. The van der Waals surface area contributed by atoms with Crippen LogP contribution in [0, 0.1) is 0 Å². The van der Waals surface area contributed by atoms with Crippen LogP contribution in [-0.4, -0.2) is 32.3 Å². The molecule has 1 aromatic rings. The van der Waals surface area contributed by atoms with Crippen LogP contribution in [-0.2, 0) is 9.84 Å². The highest BCUT2D eigenvalue weighted by atomic mass is 79.9. The molecule has 0 bridgehead atoms. The van der Waals surface area contributed by atoms with Crippen LogP contribution >= 0.6 is 15.9 Å². The molecule has 0 aliphatic carbocycles. The second kappa shape index (κ2) is 6.38. The molecule has 0 saturated heterocycles. The lowest BCUT2D eigenvalue weighted by molar-refractivity contribution is 0.0696. The Morgan fingerprint density at radius 2 is 2.05 bits per heavy atom. The van der Waals surface area contributed by atoms with Crippen LogP contribution in [0.15, 0.2) is 21.5 Å². The summed E-state index contributed by atoms with van der Waals surface area (Å²) in [5.41, 5.74) is 0.427. The molecule has 1 aromatic carbocycles. The maximum atomic E-state index is 11.7. The molecule has 5 nitrogen and oxygen atoms in total. The van der Waals surface area contributed by atoms with Crippen molar-refractivity contribution in [3.8, 4) is 0 Å². The number of unbranched alkanes of at least 4 members (excludes halogenated alkanes) is 1. The minimum absolute atomic E-state index is 0.0219. The van der Waals surface area contributed by atoms with Crippen molar-refractivity contribution in [2.45, 2.75) is 24.7 Å². The van der Waals surface area contributed by atoms with E-state index in [1.54, 1.807) is 0 Å². The molecule has 106 valence electrons. The van der Waals surface area contributed by atoms with E-state index in [-0.39, 0.29) is 10.5 Å². The van der Waals surface area contributed by atoms with Crippen LogP contribution in [0.3, 0.4) is 0 Å². The number of halogens is 1. The van der Waals surface area contributed by atoms with Gasteiger partial charge in [0.2, 0.25) is 0 Å². The molecule has 0 aliphatic heterocycles. The summed E-state index contributed by atoms with van der Waals surface area (Å²) in [5.74, 6) is -1.16. The molecular weight excluding hydrogens is 334 g/mol. The first-order valence-electron chi connectivity index (χ1n) is 5.78. The van der Waals surface area contributed by atoms with Crippen LogP contribution in [0.5, 0.6) is 0 Å². The zero-order valence-electron chi connectivity index (χ0n) is 10.7. The number of carboxylic acids is 1. The second-order valence-electron chi connectivity index (χ2n) is 4.19. The lowest BCUT2D eigenvalue weighted by Gasteiger charge is -2.12. The Morgan fingerprint density at radius 1 is 1.42 bits per heavy atom. The summed E-state index contributed by atoms with van der Waals surface area (Å²) in [5, 5.41) is 12.1. The number of benzene rings is 1. The van der Waals surface area contributed by atoms with Crippen LogP contribution in [0.1, 0.15) is 30.1 Å². The van der Waals surface area contributed by atoms with Crippen molar-refractivity contribution in [1.29, 1.82) is 0 Å². The lowest BCUT2D eigenvalue weighted by atomic mass is 10.2. The molecule has 2 N–H and O–H groups in total. The van der Waals surface area contributed by atoms with Gasteiger partial charge in [-0.25, -0.2) is 13.2 Å². The molecule has 0 aliphatic rings. The smallest absolute Gasteiger partial charge is 0.335 e. The van der Waals surface area contributed by atoms with Crippen LogP contribution in [0.2, 0.25) is 0 Å². The van der Waals surface area contributed by atoms with Gasteiger partial charge in [0.1, 0.15) is 0 Å². The highest BCUT2D eigenvalue weighted by Crippen LogP contribution is 2.31. The van der Waals surface area contributed by atoms with Gasteiger partial charge in [-0.05, 0) is 34.5 Å². The van der Waals surface area contributed by atoms with E-state index in [9.17, 15) is 13.2 Å². The van der Waals surface area contributed by atoms with Crippen molar-refractivity contribution < 1.29 is 18.3 Å². The molecule has 1 rings (SSSR count). The summed E-state index contributed by atoms with van der Waals surface area (Å²) >= 11 is 3.22. The van der Waals surface area contributed by atoms with Crippen molar-refractivity contribution in [3.05, 3.63) is 22.2 Å². The highest BCUT2D eigenvalue weighted by Gasteiger charge is 2.19. The van der Waals surface area contributed by atoms with Gasteiger partial charge in [0, 0.05) is 12.8 Å². The first-order valence-corrected chi connectivity index (χ1v) is 8.46. The number of anilines is 1. The predicted molar refractivity (Wildman–Crippen MR) is 77.6 cm³/mol. The van der Waals surface area contributed by atoms with E-state index in [0.29, 0.717) is 16.7 Å². The van der Waals surface area contributed by atoms with Gasteiger partial charge in [-0.1, -0.05) is 13.3 Å². The van der Waals surface area contributed by atoms with Crippen molar-refractivity contribution in [2.75, 3.05) is 18.1 Å². The van der Waals surface area contributed by atoms with Gasteiger partial charge in [0.25, 0.3) is 0 Å². The van der Waals surface area contributed by atoms with E-state index in [2.05, 4.69) is 21.2 Å². The molecular formula is C12H16BrNO4S. The van der Waals surface area contributed by atoms with Crippen LogP contribution in [0.4, 0.5) is 5.69 Å². The largest absolute Gasteiger partial charge is 0.478 e. The Bertz CT molecular complexity index is 584. The standard InChI is InChI=1S/C12H16BrNO4S/c1-3-4-5-14-9-6-8(12(15)16)7-10(11(9)13)19(2,17)18/h6-7,14H,3-5H2,1-2H3,(H,15,16). The Hall–Kier alpha value is -1.08. The maximum absolute atomic E-state index is 11.7. The first kappa shape index (κ1) is 16.0. The fourth-order valence-electron chi connectivity index (χ4n) is 1.52. The SMILES string of the molecule is CCCCNc1cc(C(=O)O)cc(S(C)(=O)=O)c1Br. The Balaban J connectivity index is 3.29. The van der Waals surface area contributed by atoms with Crippen molar-refractivity contribution >= 4 is 37.4 Å². The summed E-state index contributed by atoms with van der Waals surface area (Å²) in [6.45, 7) is 2.69. The number of sulfone groups is 1. The van der Waals surface area contributed by atoms with Gasteiger partial charge >= 0.3 is 5.97 Å². The average Bonchev–Trinajstić information content (AvgIpc) is 2.29. The van der Waals surface area contributed by atoms with Gasteiger partial charge in [0.05, 0.1) is 20.6 Å². The number of carboxylic acid groups (broad SMARTS) is 1. The molecule has 0 unspecified atom stereocenters. The van der Waals surface area contributed by atoms with Crippen molar-refractivity contribution in [2.24, 2.45) is 0 Å².